The van der Waals surface area contributed by atoms with E-state index in [4.69, 9.17) is 5.26 Å². The van der Waals surface area contributed by atoms with Gasteiger partial charge >= 0.3 is 0 Å². The number of aromatic nitrogens is 2. The molecule has 66 valence electrons. The predicted molar refractivity (Wildman–Crippen MR) is 52.2 cm³/mol. The number of pyridine rings is 2. The van der Waals surface area contributed by atoms with Crippen LogP contribution < -0.4 is 0 Å². The Bertz CT molecular complexity index is 471. The van der Waals surface area contributed by atoms with Crippen LogP contribution in [0.1, 0.15) is 5.56 Å². The maximum absolute atomic E-state index is 8.88. The van der Waals surface area contributed by atoms with E-state index in [1.807, 2.05) is 12.1 Å². The predicted octanol–water partition coefficient (Wildman–Crippen LogP) is 2.02. The maximum Gasteiger partial charge on any atom is 0.0999 e. The van der Waals surface area contributed by atoms with Crippen LogP contribution in [0, 0.1) is 11.3 Å². The summed E-state index contributed by atoms with van der Waals surface area (Å²) in [4.78, 5) is 7.99. The van der Waals surface area contributed by atoms with E-state index in [0.29, 0.717) is 5.56 Å². The standard InChI is InChI=1S/C11H7N3/c12-6-9-3-5-14-8-11(9)10-2-1-4-13-7-10/h1-5,7-8H. The SMILES string of the molecule is N#Cc1ccncc1-c1cccnc1. The third-order valence-electron chi connectivity index (χ3n) is 1.91. The molecular formula is C11H7N3. The van der Waals surface area contributed by atoms with Gasteiger partial charge in [0.25, 0.3) is 0 Å². The van der Waals surface area contributed by atoms with Crippen molar-refractivity contribution in [1.82, 2.24) is 9.97 Å². The van der Waals surface area contributed by atoms with Crippen molar-refractivity contribution in [2.45, 2.75) is 0 Å². The van der Waals surface area contributed by atoms with Crippen LogP contribution in [0.15, 0.2) is 43.0 Å². The van der Waals surface area contributed by atoms with Gasteiger partial charge in [0, 0.05) is 35.9 Å². The van der Waals surface area contributed by atoms with Crippen molar-refractivity contribution in [1.29, 1.82) is 5.26 Å². The van der Waals surface area contributed by atoms with Gasteiger partial charge in [-0.3, -0.25) is 9.97 Å². The first-order valence-electron chi connectivity index (χ1n) is 4.16. The van der Waals surface area contributed by atoms with Gasteiger partial charge in [0.05, 0.1) is 11.6 Å². The van der Waals surface area contributed by atoms with Crippen molar-refractivity contribution < 1.29 is 0 Å². The molecule has 14 heavy (non-hydrogen) atoms. The van der Waals surface area contributed by atoms with E-state index in [9.17, 15) is 0 Å². The van der Waals surface area contributed by atoms with Gasteiger partial charge in [0.2, 0.25) is 0 Å². The molecule has 0 N–H and O–H groups in total. The summed E-state index contributed by atoms with van der Waals surface area (Å²) in [5.74, 6) is 0. The Kier molecular flexibility index (Phi) is 2.20. The smallest absolute Gasteiger partial charge is 0.0999 e. The number of rotatable bonds is 1. The van der Waals surface area contributed by atoms with Crippen LogP contribution in [0.2, 0.25) is 0 Å². The molecule has 2 aromatic rings. The summed E-state index contributed by atoms with van der Waals surface area (Å²) in [6.07, 6.45) is 6.71. The number of hydrogen-bond acceptors (Lipinski definition) is 3. The van der Waals surface area contributed by atoms with Gasteiger partial charge in [0.15, 0.2) is 0 Å². The first-order chi connectivity index (χ1) is 6.92. The van der Waals surface area contributed by atoms with Crippen LogP contribution in [-0.2, 0) is 0 Å². The molecular weight excluding hydrogens is 174 g/mol. The van der Waals surface area contributed by atoms with Gasteiger partial charge < -0.3 is 0 Å². The molecule has 2 heterocycles. The van der Waals surface area contributed by atoms with Crippen LogP contribution in [0.5, 0.6) is 0 Å². The monoisotopic (exact) mass is 181 g/mol. The van der Waals surface area contributed by atoms with E-state index in [0.717, 1.165) is 11.1 Å². The van der Waals surface area contributed by atoms with Crippen molar-refractivity contribution in [3.63, 3.8) is 0 Å². The molecule has 0 saturated heterocycles. The highest BCUT2D eigenvalue weighted by Gasteiger charge is 2.03. The summed E-state index contributed by atoms with van der Waals surface area (Å²) < 4.78 is 0. The molecule has 2 aromatic heterocycles. The molecule has 0 amide bonds. The summed E-state index contributed by atoms with van der Waals surface area (Å²) in [5.41, 5.74) is 2.35. The fourth-order valence-corrected chi connectivity index (χ4v) is 1.24. The van der Waals surface area contributed by atoms with Crippen molar-refractivity contribution in [2.24, 2.45) is 0 Å². The fourth-order valence-electron chi connectivity index (χ4n) is 1.24. The van der Waals surface area contributed by atoms with Gasteiger partial charge in [-0.2, -0.15) is 5.26 Å². The molecule has 0 aromatic carbocycles. The van der Waals surface area contributed by atoms with E-state index in [-0.39, 0.29) is 0 Å². The van der Waals surface area contributed by atoms with E-state index in [1.165, 1.54) is 0 Å². The largest absolute Gasteiger partial charge is 0.264 e. The molecule has 0 fully saturated rings. The molecule has 2 rings (SSSR count). The van der Waals surface area contributed by atoms with Gasteiger partial charge in [-0.15, -0.1) is 0 Å². The second-order valence-corrected chi connectivity index (χ2v) is 2.77. The average Bonchev–Trinajstić information content (AvgIpc) is 2.30. The van der Waals surface area contributed by atoms with Crippen LogP contribution in [-0.4, -0.2) is 9.97 Å². The summed E-state index contributed by atoms with van der Waals surface area (Å²) in [7, 11) is 0. The Balaban J connectivity index is 2.58. The Morgan fingerprint density at radius 1 is 1.07 bits per heavy atom. The third-order valence-corrected chi connectivity index (χ3v) is 1.91. The normalized spacial score (nSPS) is 9.36. The maximum atomic E-state index is 8.88. The molecule has 3 heteroatoms. The zero-order chi connectivity index (χ0) is 9.80. The molecule has 0 atom stereocenters. The molecule has 0 aliphatic rings. The number of hydrogen-bond donors (Lipinski definition) is 0. The lowest BCUT2D eigenvalue weighted by molar-refractivity contribution is 1.28. The lowest BCUT2D eigenvalue weighted by atomic mass is 10.1. The van der Waals surface area contributed by atoms with Gasteiger partial charge in [-0.1, -0.05) is 6.07 Å². The molecule has 0 bridgehead atoms. The summed E-state index contributed by atoms with van der Waals surface area (Å²) in [6, 6.07) is 7.57. The van der Waals surface area contributed by atoms with E-state index >= 15 is 0 Å². The molecule has 0 unspecified atom stereocenters. The Hall–Kier alpha value is -2.21. The second-order valence-electron chi connectivity index (χ2n) is 2.77. The first kappa shape index (κ1) is 8.39. The summed E-state index contributed by atoms with van der Waals surface area (Å²) >= 11 is 0. The fraction of sp³-hybridized carbons (Fsp3) is 0. The van der Waals surface area contributed by atoms with Gasteiger partial charge in [-0.25, -0.2) is 0 Å². The Morgan fingerprint density at radius 3 is 2.64 bits per heavy atom. The zero-order valence-electron chi connectivity index (χ0n) is 7.38. The molecule has 0 spiro atoms. The van der Waals surface area contributed by atoms with E-state index in [2.05, 4.69) is 16.0 Å². The van der Waals surface area contributed by atoms with E-state index in [1.54, 1.807) is 30.9 Å². The Labute approximate surface area is 81.7 Å². The molecule has 0 aliphatic heterocycles. The number of nitriles is 1. The van der Waals surface area contributed by atoms with Crippen molar-refractivity contribution >= 4 is 0 Å². The van der Waals surface area contributed by atoms with Crippen molar-refractivity contribution in [3.05, 3.63) is 48.5 Å². The second kappa shape index (κ2) is 3.67. The van der Waals surface area contributed by atoms with Crippen LogP contribution >= 0.6 is 0 Å². The summed E-state index contributed by atoms with van der Waals surface area (Å²) in [5, 5.41) is 8.88. The minimum Gasteiger partial charge on any atom is -0.264 e. The minimum absolute atomic E-state index is 0.619. The lowest BCUT2D eigenvalue weighted by Gasteiger charge is -2.01. The number of nitrogens with zero attached hydrogens (tertiary/aromatic N) is 3. The highest BCUT2D eigenvalue weighted by molar-refractivity contribution is 5.68. The van der Waals surface area contributed by atoms with Gasteiger partial charge in [-0.05, 0) is 12.1 Å². The van der Waals surface area contributed by atoms with Crippen LogP contribution in [0.3, 0.4) is 0 Å². The quantitative estimate of drug-likeness (QED) is 0.676. The molecule has 0 aliphatic carbocycles. The summed E-state index contributed by atoms with van der Waals surface area (Å²) in [6.45, 7) is 0. The van der Waals surface area contributed by atoms with Crippen LogP contribution in [0.25, 0.3) is 11.1 Å². The van der Waals surface area contributed by atoms with Crippen LogP contribution in [0.4, 0.5) is 0 Å². The minimum atomic E-state index is 0.619. The molecule has 3 nitrogen and oxygen atoms in total. The average molecular weight is 181 g/mol. The van der Waals surface area contributed by atoms with Crippen molar-refractivity contribution in [2.75, 3.05) is 0 Å². The highest BCUT2D eigenvalue weighted by Crippen LogP contribution is 2.20. The Morgan fingerprint density at radius 2 is 1.93 bits per heavy atom. The molecule has 0 saturated carbocycles. The third kappa shape index (κ3) is 1.46. The highest BCUT2D eigenvalue weighted by atomic mass is 14.6. The van der Waals surface area contributed by atoms with E-state index < -0.39 is 0 Å². The topological polar surface area (TPSA) is 49.6 Å². The zero-order valence-corrected chi connectivity index (χ0v) is 7.38. The first-order valence-corrected chi connectivity index (χ1v) is 4.16. The lowest BCUT2D eigenvalue weighted by Crippen LogP contribution is -1.85. The molecule has 0 radical (unpaired) electrons. The van der Waals surface area contributed by atoms with Crippen molar-refractivity contribution in [3.8, 4) is 17.2 Å². The van der Waals surface area contributed by atoms with Gasteiger partial charge in [0.1, 0.15) is 0 Å².